The molecule has 1 N–H and O–H groups in total. The summed E-state index contributed by atoms with van der Waals surface area (Å²) in [5.41, 5.74) is 4.16. The van der Waals surface area contributed by atoms with Gasteiger partial charge in [-0.15, -0.1) is 0 Å². The van der Waals surface area contributed by atoms with Gasteiger partial charge in [-0.05, 0) is 49.7 Å². The summed E-state index contributed by atoms with van der Waals surface area (Å²) in [6.45, 7) is 4.26. The van der Waals surface area contributed by atoms with Gasteiger partial charge in [0.2, 0.25) is 0 Å². The molecule has 0 saturated heterocycles. The summed E-state index contributed by atoms with van der Waals surface area (Å²) >= 11 is 0. The highest BCUT2D eigenvalue weighted by atomic mass is 16.5. The molecule has 0 atom stereocenters. The number of nitrogens with zero attached hydrogens (tertiary/aromatic N) is 3. The maximum absolute atomic E-state index is 13.2. The van der Waals surface area contributed by atoms with Gasteiger partial charge in [-0.3, -0.25) is 4.79 Å². The first-order valence-electron chi connectivity index (χ1n) is 9.78. The quantitative estimate of drug-likeness (QED) is 0.527. The number of hydrogen-bond acceptors (Lipinski definition) is 3. The normalized spacial score (nSPS) is 10.8. The second kappa shape index (κ2) is 8.29. The minimum atomic E-state index is -0.180. The largest absolute Gasteiger partial charge is 0.496 e. The first-order valence-corrected chi connectivity index (χ1v) is 9.78. The molecule has 2 aromatic heterocycles. The number of benzene rings is 2. The molecule has 1 amide bonds. The van der Waals surface area contributed by atoms with Crippen LogP contribution >= 0.6 is 0 Å². The molecule has 0 aliphatic heterocycles. The number of amides is 1. The molecule has 6 heteroatoms. The van der Waals surface area contributed by atoms with Crippen LogP contribution in [0, 0.1) is 13.8 Å². The lowest BCUT2D eigenvalue weighted by Gasteiger charge is -2.13. The second-order valence-corrected chi connectivity index (χ2v) is 7.12. The van der Waals surface area contributed by atoms with Crippen LogP contribution in [0.3, 0.4) is 0 Å². The van der Waals surface area contributed by atoms with E-state index in [0.29, 0.717) is 23.6 Å². The molecule has 0 unspecified atom stereocenters. The number of para-hydroxylation sites is 1. The van der Waals surface area contributed by atoms with Crippen molar-refractivity contribution in [2.24, 2.45) is 0 Å². The number of methoxy groups -OCH3 is 1. The summed E-state index contributed by atoms with van der Waals surface area (Å²) in [5, 5.41) is 7.72. The van der Waals surface area contributed by atoms with Crippen LogP contribution in [0.25, 0.3) is 11.5 Å². The van der Waals surface area contributed by atoms with Gasteiger partial charge in [-0.1, -0.05) is 30.3 Å². The van der Waals surface area contributed by atoms with E-state index in [1.807, 2.05) is 90.1 Å². The fraction of sp³-hybridized carbons (Fsp3) is 0.167. The van der Waals surface area contributed by atoms with E-state index in [-0.39, 0.29) is 5.91 Å². The SMILES string of the molecule is COc1ccccc1CNC(=O)c1c(C)nn(-c2cccc(C)c2)c1-n1cccc1. The van der Waals surface area contributed by atoms with Gasteiger partial charge in [0.1, 0.15) is 11.3 Å². The molecule has 2 heterocycles. The Morgan fingerprint density at radius 1 is 1.03 bits per heavy atom. The minimum absolute atomic E-state index is 0.180. The van der Waals surface area contributed by atoms with Crippen LogP contribution in [0.2, 0.25) is 0 Å². The molecule has 30 heavy (non-hydrogen) atoms. The molecule has 4 rings (SSSR count). The maximum atomic E-state index is 13.2. The monoisotopic (exact) mass is 400 g/mol. The van der Waals surface area contributed by atoms with Gasteiger partial charge in [0.25, 0.3) is 5.91 Å². The molecule has 0 fully saturated rings. The van der Waals surface area contributed by atoms with Crippen LogP contribution in [-0.2, 0) is 6.54 Å². The van der Waals surface area contributed by atoms with Crippen LogP contribution in [-0.4, -0.2) is 27.4 Å². The number of carbonyl (C=O) groups is 1. The molecule has 0 saturated carbocycles. The lowest BCUT2D eigenvalue weighted by atomic mass is 10.1. The molecule has 0 radical (unpaired) electrons. The number of rotatable bonds is 6. The highest BCUT2D eigenvalue weighted by Gasteiger charge is 2.23. The van der Waals surface area contributed by atoms with Crippen LogP contribution in [0.5, 0.6) is 5.75 Å². The van der Waals surface area contributed by atoms with Crippen LogP contribution < -0.4 is 10.1 Å². The third-order valence-electron chi connectivity index (χ3n) is 4.99. The molecule has 2 aromatic carbocycles. The first kappa shape index (κ1) is 19.5. The van der Waals surface area contributed by atoms with Gasteiger partial charge >= 0.3 is 0 Å². The van der Waals surface area contributed by atoms with Gasteiger partial charge in [-0.2, -0.15) is 5.10 Å². The summed E-state index contributed by atoms with van der Waals surface area (Å²) < 4.78 is 9.13. The third kappa shape index (κ3) is 3.72. The molecule has 0 aliphatic carbocycles. The fourth-order valence-electron chi connectivity index (χ4n) is 3.55. The lowest BCUT2D eigenvalue weighted by Crippen LogP contribution is -2.25. The van der Waals surface area contributed by atoms with Crippen molar-refractivity contribution >= 4 is 5.91 Å². The van der Waals surface area contributed by atoms with Gasteiger partial charge < -0.3 is 14.6 Å². The van der Waals surface area contributed by atoms with E-state index in [2.05, 4.69) is 11.4 Å². The Morgan fingerprint density at radius 2 is 1.80 bits per heavy atom. The highest BCUT2D eigenvalue weighted by Crippen LogP contribution is 2.24. The predicted molar refractivity (Wildman–Crippen MR) is 117 cm³/mol. The smallest absolute Gasteiger partial charge is 0.257 e. The average molecular weight is 400 g/mol. The van der Waals surface area contributed by atoms with E-state index < -0.39 is 0 Å². The molecule has 4 aromatic rings. The summed E-state index contributed by atoms with van der Waals surface area (Å²) in [6.07, 6.45) is 3.83. The molecular formula is C24H24N4O2. The number of aromatic nitrogens is 3. The lowest BCUT2D eigenvalue weighted by molar-refractivity contribution is 0.0950. The molecule has 152 valence electrons. The van der Waals surface area contributed by atoms with Crippen molar-refractivity contribution in [1.29, 1.82) is 0 Å². The van der Waals surface area contributed by atoms with E-state index in [9.17, 15) is 4.79 Å². The van der Waals surface area contributed by atoms with Gasteiger partial charge in [0, 0.05) is 24.5 Å². The zero-order valence-electron chi connectivity index (χ0n) is 17.3. The zero-order chi connectivity index (χ0) is 21.1. The standard InChI is InChI=1S/C24H24N4O2/c1-17-9-8-11-20(15-17)28-24(27-13-6-7-14-27)22(18(2)26-28)23(29)25-16-19-10-4-5-12-21(19)30-3/h4-15H,16H2,1-3H3,(H,25,29). The third-order valence-corrected chi connectivity index (χ3v) is 4.99. The number of nitrogens with one attached hydrogen (secondary N) is 1. The van der Waals surface area contributed by atoms with E-state index >= 15 is 0 Å². The van der Waals surface area contributed by atoms with Crippen LogP contribution in [0.15, 0.2) is 73.1 Å². The summed E-state index contributed by atoms with van der Waals surface area (Å²) in [6, 6.07) is 19.6. The van der Waals surface area contributed by atoms with Crippen LogP contribution in [0.1, 0.15) is 27.2 Å². The Balaban J connectivity index is 1.73. The van der Waals surface area contributed by atoms with E-state index in [1.165, 1.54) is 0 Å². The highest BCUT2D eigenvalue weighted by molar-refractivity contribution is 5.98. The van der Waals surface area contributed by atoms with Crippen molar-refractivity contribution in [3.63, 3.8) is 0 Å². The Bertz CT molecular complexity index is 1180. The Hall–Kier alpha value is -3.80. The van der Waals surface area contributed by atoms with Crippen molar-refractivity contribution in [2.75, 3.05) is 7.11 Å². The predicted octanol–water partition coefficient (Wildman–Crippen LogP) is 4.22. The van der Waals surface area contributed by atoms with Crippen molar-refractivity contribution in [3.05, 3.63) is 95.4 Å². The average Bonchev–Trinajstić information content (AvgIpc) is 3.39. The summed E-state index contributed by atoms with van der Waals surface area (Å²) in [7, 11) is 1.63. The summed E-state index contributed by atoms with van der Waals surface area (Å²) in [5.74, 6) is 1.28. The number of aryl methyl sites for hydroxylation is 2. The van der Waals surface area contributed by atoms with Gasteiger partial charge in [0.05, 0.1) is 18.5 Å². The van der Waals surface area contributed by atoms with Gasteiger partial charge in [-0.25, -0.2) is 4.68 Å². The Labute approximate surface area is 175 Å². The molecule has 0 aliphatic rings. The number of hydrogen-bond donors (Lipinski definition) is 1. The van der Waals surface area contributed by atoms with E-state index in [1.54, 1.807) is 7.11 Å². The second-order valence-electron chi connectivity index (χ2n) is 7.12. The Morgan fingerprint density at radius 3 is 2.53 bits per heavy atom. The molecule has 6 nitrogen and oxygen atoms in total. The molecular weight excluding hydrogens is 376 g/mol. The molecule has 0 bridgehead atoms. The first-order chi connectivity index (χ1) is 14.6. The molecule has 0 spiro atoms. The van der Waals surface area contributed by atoms with E-state index in [0.717, 1.165) is 22.6 Å². The Kier molecular flexibility index (Phi) is 5.39. The maximum Gasteiger partial charge on any atom is 0.257 e. The fourth-order valence-corrected chi connectivity index (χ4v) is 3.55. The van der Waals surface area contributed by atoms with Crippen molar-refractivity contribution in [1.82, 2.24) is 19.7 Å². The van der Waals surface area contributed by atoms with Gasteiger partial charge in [0.15, 0.2) is 5.82 Å². The van der Waals surface area contributed by atoms with Crippen molar-refractivity contribution in [2.45, 2.75) is 20.4 Å². The number of carbonyl (C=O) groups excluding carboxylic acids is 1. The van der Waals surface area contributed by atoms with Crippen molar-refractivity contribution in [3.8, 4) is 17.3 Å². The van der Waals surface area contributed by atoms with Crippen molar-refractivity contribution < 1.29 is 9.53 Å². The minimum Gasteiger partial charge on any atom is -0.496 e. The zero-order valence-corrected chi connectivity index (χ0v) is 17.3. The van der Waals surface area contributed by atoms with E-state index in [4.69, 9.17) is 9.84 Å². The topological polar surface area (TPSA) is 61.1 Å². The summed E-state index contributed by atoms with van der Waals surface area (Å²) in [4.78, 5) is 13.2. The number of ether oxygens (including phenoxy) is 1. The van der Waals surface area contributed by atoms with Crippen LogP contribution in [0.4, 0.5) is 0 Å².